The van der Waals surface area contributed by atoms with E-state index in [1.807, 2.05) is 6.92 Å². The fourth-order valence-corrected chi connectivity index (χ4v) is 1.15. The van der Waals surface area contributed by atoms with E-state index in [1.54, 1.807) is 17.9 Å². The second-order valence-corrected chi connectivity index (χ2v) is 3.27. The fourth-order valence-electron chi connectivity index (χ4n) is 1.15. The van der Waals surface area contributed by atoms with Crippen molar-refractivity contribution in [2.24, 2.45) is 0 Å². The Morgan fingerprint density at radius 1 is 1.38 bits per heavy atom. The molecule has 3 atom stereocenters. The van der Waals surface area contributed by atoms with Gasteiger partial charge in [0.25, 0.3) is 0 Å². The van der Waals surface area contributed by atoms with Crippen LogP contribution in [0, 0.1) is 0 Å². The summed E-state index contributed by atoms with van der Waals surface area (Å²) in [6, 6.07) is -0.155. The van der Waals surface area contributed by atoms with Gasteiger partial charge >= 0.3 is 0 Å². The largest absolute Gasteiger partial charge is 0.393 e. The number of nitrogens with zero attached hydrogens (tertiary/aromatic N) is 3. The number of aliphatic hydroxyl groups is 2. The highest BCUT2D eigenvalue weighted by atomic mass is 16.3. The lowest BCUT2D eigenvalue weighted by Gasteiger charge is -2.19. The van der Waals surface area contributed by atoms with E-state index in [0.29, 0.717) is 6.42 Å². The third-order valence-corrected chi connectivity index (χ3v) is 1.99. The maximum Gasteiger partial charge on any atom is 0.137 e. The molecule has 0 aliphatic rings. The molecule has 0 aliphatic carbocycles. The molecule has 0 amide bonds. The average Bonchev–Trinajstić information content (AvgIpc) is 2.53. The molecule has 0 fully saturated rings. The molecule has 0 saturated carbocycles. The van der Waals surface area contributed by atoms with Gasteiger partial charge in [0, 0.05) is 6.42 Å². The van der Waals surface area contributed by atoms with Crippen molar-refractivity contribution in [3.63, 3.8) is 0 Å². The van der Waals surface area contributed by atoms with Crippen LogP contribution in [-0.2, 0) is 0 Å². The van der Waals surface area contributed by atoms with E-state index in [-0.39, 0.29) is 6.04 Å². The number of hydrogen-bond donors (Lipinski definition) is 2. The van der Waals surface area contributed by atoms with E-state index in [4.69, 9.17) is 5.11 Å². The predicted molar refractivity (Wildman–Crippen MR) is 47.0 cm³/mol. The molecule has 1 aromatic heterocycles. The highest BCUT2D eigenvalue weighted by molar-refractivity contribution is 4.73. The Balaban J connectivity index is 2.52. The smallest absolute Gasteiger partial charge is 0.137 e. The van der Waals surface area contributed by atoms with E-state index >= 15 is 0 Å². The van der Waals surface area contributed by atoms with Crippen LogP contribution in [0.1, 0.15) is 26.3 Å². The summed E-state index contributed by atoms with van der Waals surface area (Å²) in [7, 11) is 0. The Hall–Kier alpha value is -0.940. The summed E-state index contributed by atoms with van der Waals surface area (Å²) in [6.07, 6.45) is 2.23. The SMILES string of the molecule is CC(O)CC(O)C(C)n1cncn1. The van der Waals surface area contributed by atoms with Gasteiger partial charge in [-0.15, -0.1) is 0 Å². The van der Waals surface area contributed by atoms with Crippen molar-refractivity contribution in [1.82, 2.24) is 14.8 Å². The Morgan fingerprint density at radius 2 is 2.08 bits per heavy atom. The number of rotatable bonds is 4. The topological polar surface area (TPSA) is 71.2 Å². The molecule has 0 aromatic carbocycles. The lowest BCUT2D eigenvalue weighted by molar-refractivity contribution is 0.0558. The van der Waals surface area contributed by atoms with E-state index in [9.17, 15) is 5.11 Å². The van der Waals surface area contributed by atoms with E-state index < -0.39 is 12.2 Å². The Labute approximate surface area is 77.0 Å². The highest BCUT2D eigenvalue weighted by Crippen LogP contribution is 2.13. The van der Waals surface area contributed by atoms with Crippen molar-refractivity contribution in [3.8, 4) is 0 Å². The van der Waals surface area contributed by atoms with Crippen LogP contribution in [0.4, 0.5) is 0 Å². The molecule has 0 bridgehead atoms. The zero-order valence-electron chi connectivity index (χ0n) is 7.83. The maximum absolute atomic E-state index is 9.61. The minimum absolute atomic E-state index is 0.155. The minimum atomic E-state index is -0.596. The van der Waals surface area contributed by atoms with E-state index in [1.165, 1.54) is 6.33 Å². The molecule has 0 saturated heterocycles. The van der Waals surface area contributed by atoms with Crippen molar-refractivity contribution in [1.29, 1.82) is 0 Å². The van der Waals surface area contributed by atoms with Crippen LogP contribution in [-0.4, -0.2) is 37.2 Å². The Kier molecular flexibility index (Phi) is 3.39. The number of aliphatic hydroxyl groups excluding tert-OH is 2. The lowest BCUT2D eigenvalue weighted by Crippen LogP contribution is -2.25. The second-order valence-electron chi connectivity index (χ2n) is 3.27. The average molecular weight is 185 g/mol. The van der Waals surface area contributed by atoms with Gasteiger partial charge in [0.15, 0.2) is 0 Å². The molecule has 5 heteroatoms. The van der Waals surface area contributed by atoms with Gasteiger partial charge in [0.2, 0.25) is 0 Å². The van der Waals surface area contributed by atoms with Gasteiger partial charge in [-0.2, -0.15) is 5.10 Å². The summed E-state index contributed by atoms with van der Waals surface area (Å²) in [5, 5.41) is 22.6. The summed E-state index contributed by atoms with van der Waals surface area (Å²) in [5.74, 6) is 0. The standard InChI is InChI=1S/C8H15N3O2/c1-6(12)3-8(13)7(2)11-5-9-4-10-11/h4-8,12-13H,3H2,1-2H3. The lowest BCUT2D eigenvalue weighted by atomic mass is 10.1. The van der Waals surface area contributed by atoms with Crippen LogP contribution in [0.5, 0.6) is 0 Å². The first-order valence-electron chi connectivity index (χ1n) is 4.31. The van der Waals surface area contributed by atoms with Gasteiger partial charge in [-0.05, 0) is 13.8 Å². The zero-order valence-corrected chi connectivity index (χ0v) is 7.83. The first-order valence-corrected chi connectivity index (χ1v) is 4.31. The highest BCUT2D eigenvalue weighted by Gasteiger charge is 2.17. The first kappa shape index (κ1) is 10.1. The first-order chi connectivity index (χ1) is 6.11. The van der Waals surface area contributed by atoms with E-state index in [0.717, 1.165) is 0 Å². The monoisotopic (exact) mass is 185 g/mol. The molecule has 1 rings (SSSR count). The van der Waals surface area contributed by atoms with Crippen LogP contribution >= 0.6 is 0 Å². The molecular formula is C8H15N3O2. The molecular weight excluding hydrogens is 170 g/mol. The quantitative estimate of drug-likeness (QED) is 0.691. The van der Waals surface area contributed by atoms with Crippen LogP contribution < -0.4 is 0 Å². The number of hydrogen-bond acceptors (Lipinski definition) is 4. The molecule has 2 N–H and O–H groups in total. The zero-order chi connectivity index (χ0) is 9.84. The van der Waals surface area contributed by atoms with Gasteiger partial charge in [-0.25, -0.2) is 9.67 Å². The second kappa shape index (κ2) is 4.34. The van der Waals surface area contributed by atoms with Crippen LogP contribution in [0.25, 0.3) is 0 Å². The third kappa shape index (κ3) is 2.78. The van der Waals surface area contributed by atoms with Crippen LogP contribution in [0.15, 0.2) is 12.7 Å². The van der Waals surface area contributed by atoms with Crippen molar-refractivity contribution in [2.45, 2.75) is 38.5 Å². The molecule has 1 heterocycles. The van der Waals surface area contributed by atoms with Crippen LogP contribution in [0.2, 0.25) is 0 Å². The molecule has 1 aromatic rings. The minimum Gasteiger partial charge on any atom is -0.393 e. The van der Waals surface area contributed by atoms with Gasteiger partial charge in [-0.3, -0.25) is 0 Å². The summed E-state index contributed by atoms with van der Waals surface area (Å²) in [5.41, 5.74) is 0. The third-order valence-electron chi connectivity index (χ3n) is 1.99. The van der Waals surface area contributed by atoms with Crippen molar-refractivity contribution in [2.75, 3.05) is 0 Å². The molecule has 5 nitrogen and oxygen atoms in total. The van der Waals surface area contributed by atoms with Gasteiger partial charge < -0.3 is 10.2 Å². The summed E-state index contributed by atoms with van der Waals surface area (Å²) >= 11 is 0. The van der Waals surface area contributed by atoms with Crippen molar-refractivity contribution < 1.29 is 10.2 Å². The van der Waals surface area contributed by atoms with Gasteiger partial charge in [0.1, 0.15) is 12.7 Å². The molecule has 0 aliphatic heterocycles. The van der Waals surface area contributed by atoms with Crippen LogP contribution in [0.3, 0.4) is 0 Å². The molecule has 0 spiro atoms. The van der Waals surface area contributed by atoms with Crippen molar-refractivity contribution >= 4 is 0 Å². The normalized spacial score (nSPS) is 18.2. The number of aromatic nitrogens is 3. The molecule has 74 valence electrons. The Bertz CT molecular complexity index is 236. The summed E-state index contributed by atoms with van der Waals surface area (Å²) < 4.78 is 1.58. The van der Waals surface area contributed by atoms with Crippen molar-refractivity contribution in [3.05, 3.63) is 12.7 Å². The van der Waals surface area contributed by atoms with E-state index in [2.05, 4.69) is 10.1 Å². The predicted octanol–water partition coefficient (Wildman–Crippen LogP) is -0.0291. The summed E-state index contributed by atoms with van der Waals surface area (Å²) in [6.45, 7) is 3.49. The fraction of sp³-hybridized carbons (Fsp3) is 0.750. The summed E-state index contributed by atoms with van der Waals surface area (Å²) in [4.78, 5) is 3.78. The molecule has 3 unspecified atom stereocenters. The molecule has 0 radical (unpaired) electrons. The van der Waals surface area contributed by atoms with Gasteiger partial charge in [0.05, 0.1) is 18.2 Å². The maximum atomic E-state index is 9.61. The van der Waals surface area contributed by atoms with Gasteiger partial charge in [-0.1, -0.05) is 0 Å². The Morgan fingerprint density at radius 3 is 2.54 bits per heavy atom. The molecule has 13 heavy (non-hydrogen) atoms.